The monoisotopic (exact) mass is 381 g/mol. The highest BCUT2D eigenvalue weighted by molar-refractivity contribution is 5.57. The molecule has 2 fully saturated rings. The molecule has 0 spiro atoms. The van der Waals surface area contributed by atoms with Gasteiger partial charge in [0, 0.05) is 31.5 Å². The SMILES string of the molecule is NC1CCC(Cc2cc(-c3cccc(NCC4CCOCC4)n3)ncn2)CC1. The average molecular weight is 382 g/mol. The average Bonchev–Trinajstić information content (AvgIpc) is 2.75. The van der Waals surface area contributed by atoms with E-state index in [0.29, 0.717) is 17.9 Å². The molecule has 6 nitrogen and oxygen atoms in total. The molecule has 150 valence electrons. The minimum absolute atomic E-state index is 0.387. The Labute approximate surface area is 167 Å². The number of nitrogens with zero attached hydrogens (tertiary/aromatic N) is 3. The van der Waals surface area contributed by atoms with E-state index in [-0.39, 0.29) is 0 Å². The highest BCUT2D eigenvalue weighted by Crippen LogP contribution is 2.27. The Kier molecular flexibility index (Phi) is 6.49. The van der Waals surface area contributed by atoms with Gasteiger partial charge in [0.1, 0.15) is 12.1 Å². The third kappa shape index (κ3) is 5.26. The number of rotatable bonds is 6. The first-order valence-corrected chi connectivity index (χ1v) is 10.6. The van der Waals surface area contributed by atoms with Gasteiger partial charge in [-0.3, -0.25) is 0 Å². The number of ether oxygens (including phenoxy) is 1. The molecule has 0 unspecified atom stereocenters. The molecule has 1 aliphatic heterocycles. The summed E-state index contributed by atoms with van der Waals surface area (Å²) >= 11 is 0. The van der Waals surface area contributed by atoms with Crippen LogP contribution in [-0.4, -0.2) is 40.8 Å². The third-order valence-electron chi connectivity index (χ3n) is 6.04. The summed E-state index contributed by atoms with van der Waals surface area (Å²) in [5, 5.41) is 3.49. The van der Waals surface area contributed by atoms with E-state index in [4.69, 9.17) is 15.5 Å². The maximum atomic E-state index is 6.03. The number of hydrogen-bond acceptors (Lipinski definition) is 6. The van der Waals surface area contributed by atoms with Crippen LogP contribution < -0.4 is 11.1 Å². The summed E-state index contributed by atoms with van der Waals surface area (Å²) in [5.74, 6) is 2.25. The van der Waals surface area contributed by atoms with Gasteiger partial charge >= 0.3 is 0 Å². The molecular formula is C22H31N5O. The summed E-state index contributed by atoms with van der Waals surface area (Å²) in [6.45, 7) is 2.69. The normalized spacial score (nSPS) is 23.5. The van der Waals surface area contributed by atoms with Crippen LogP contribution >= 0.6 is 0 Å². The fourth-order valence-corrected chi connectivity index (χ4v) is 4.21. The van der Waals surface area contributed by atoms with Crippen molar-refractivity contribution in [3.63, 3.8) is 0 Å². The smallest absolute Gasteiger partial charge is 0.126 e. The van der Waals surface area contributed by atoms with Gasteiger partial charge in [0.15, 0.2) is 0 Å². The lowest BCUT2D eigenvalue weighted by Gasteiger charge is -2.25. The molecule has 2 aliphatic rings. The Morgan fingerprint density at radius 1 is 0.964 bits per heavy atom. The van der Waals surface area contributed by atoms with Gasteiger partial charge in [0.05, 0.1) is 11.4 Å². The van der Waals surface area contributed by atoms with Crippen molar-refractivity contribution in [1.82, 2.24) is 15.0 Å². The number of nitrogens with one attached hydrogen (secondary N) is 1. The van der Waals surface area contributed by atoms with E-state index in [2.05, 4.69) is 21.4 Å². The molecule has 2 aromatic rings. The standard InChI is InChI=1S/C22H31N5O/c23-18-6-4-16(5-7-18)12-19-13-21(26-15-25-19)20-2-1-3-22(27-20)24-14-17-8-10-28-11-9-17/h1-3,13,15-18H,4-12,14,23H2,(H,24,27). The van der Waals surface area contributed by atoms with Crippen LogP contribution in [0.15, 0.2) is 30.6 Å². The van der Waals surface area contributed by atoms with Crippen LogP contribution in [0.5, 0.6) is 0 Å². The third-order valence-corrected chi connectivity index (χ3v) is 6.04. The lowest BCUT2D eigenvalue weighted by atomic mass is 9.83. The summed E-state index contributed by atoms with van der Waals surface area (Å²) in [7, 11) is 0. The van der Waals surface area contributed by atoms with Crippen LogP contribution in [-0.2, 0) is 11.2 Å². The van der Waals surface area contributed by atoms with E-state index in [1.165, 1.54) is 12.8 Å². The molecule has 2 aromatic heterocycles. The van der Waals surface area contributed by atoms with E-state index in [1.807, 2.05) is 18.2 Å². The minimum atomic E-state index is 0.387. The zero-order chi connectivity index (χ0) is 19.2. The van der Waals surface area contributed by atoms with Crippen molar-refractivity contribution in [3.05, 3.63) is 36.3 Å². The first-order chi connectivity index (χ1) is 13.8. The molecule has 6 heteroatoms. The van der Waals surface area contributed by atoms with Crippen molar-refractivity contribution in [3.8, 4) is 11.4 Å². The highest BCUT2D eigenvalue weighted by atomic mass is 16.5. The largest absolute Gasteiger partial charge is 0.381 e. The van der Waals surface area contributed by atoms with E-state index >= 15 is 0 Å². The molecule has 0 atom stereocenters. The van der Waals surface area contributed by atoms with Gasteiger partial charge in [-0.15, -0.1) is 0 Å². The summed E-state index contributed by atoms with van der Waals surface area (Å²) in [6, 6.07) is 8.57. The maximum Gasteiger partial charge on any atom is 0.126 e. The van der Waals surface area contributed by atoms with Crippen molar-refractivity contribution < 1.29 is 4.74 Å². The first-order valence-electron chi connectivity index (χ1n) is 10.6. The number of nitrogens with two attached hydrogens (primary N) is 1. The molecule has 0 radical (unpaired) electrons. The molecule has 0 amide bonds. The van der Waals surface area contributed by atoms with Crippen LogP contribution in [0.2, 0.25) is 0 Å². The fourth-order valence-electron chi connectivity index (χ4n) is 4.21. The summed E-state index contributed by atoms with van der Waals surface area (Å²) in [4.78, 5) is 13.7. The second-order valence-electron chi connectivity index (χ2n) is 8.22. The van der Waals surface area contributed by atoms with Gasteiger partial charge in [-0.1, -0.05) is 6.07 Å². The Bertz CT molecular complexity index is 754. The molecule has 3 N–H and O–H groups in total. The molecule has 0 bridgehead atoms. The maximum absolute atomic E-state index is 6.03. The fraction of sp³-hybridized carbons (Fsp3) is 0.591. The second-order valence-corrected chi connectivity index (χ2v) is 8.22. The van der Waals surface area contributed by atoms with Crippen LogP contribution in [0.1, 0.15) is 44.2 Å². The molecule has 3 heterocycles. The van der Waals surface area contributed by atoms with Gasteiger partial charge in [-0.2, -0.15) is 0 Å². The lowest BCUT2D eigenvalue weighted by molar-refractivity contribution is 0.0699. The van der Waals surface area contributed by atoms with Crippen LogP contribution in [0.25, 0.3) is 11.4 Å². The predicted octanol–water partition coefficient (Wildman–Crippen LogP) is 3.44. The molecular weight excluding hydrogens is 350 g/mol. The van der Waals surface area contributed by atoms with Gasteiger partial charge in [-0.05, 0) is 75.0 Å². The van der Waals surface area contributed by atoms with E-state index in [1.54, 1.807) is 6.33 Å². The summed E-state index contributed by atoms with van der Waals surface area (Å²) in [5.41, 5.74) is 8.93. The highest BCUT2D eigenvalue weighted by Gasteiger charge is 2.19. The van der Waals surface area contributed by atoms with E-state index in [0.717, 1.165) is 74.8 Å². The van der Waals surface area contributed by atoms with E-state index < -0.39 is 0 Å². The van der Waals surface area contributed by atoms with Gasteiger partial charge in [0.2, 0.25) is 0 Å². The molecule has 0 aromatic carbocycles. The van der Waals surface area contributed by atoms with Crippen molar-refractivity contribution >= 4 is 5.82 Å². The van der Waals surface area contributed by atoms with Crippen molar-refractivity contribution in [1.29, 1.82) is 0 Å². The van der Waals surface area contributed by atoms with Gasteiger partial charge < -0.3 is 15.8 Å². The number of pyridine rings is 1. The Morgan fingerprint density at radius 2 is 1.79 bits per heavy atom. The lowest BCUT2D eigenvalue weighted by Crippen LogP contribution is -2.27. The summed E-state index contributed by atoms with van der Waals surface area (Å²) < 4.78 is 5.44. The first kappa shape index (κ1) is 19.3. The van der Waals surface area contributed by atoms with Crippen LogP contribution in [0.4, 0.5) is 5.82 Å². The number of aromatic nitrogens is 3. The molecule has 4 rings (SSSR count). The summed E-state index contributed by atoms with van der Waals surface area (Å²) in [6.07, 6.45) is 9.57. The van der Waals surface area contributed by atoms with Crippen molar-refractivity contribution in [2.24, 2.45) is 17.6 Å². The quantitative estimate of drug-likeness (QED) is 0.797. The van der Waals surface area contributed by atoms with E-state index in [9.17, 15) is 0 Å². The van der Waals surface area contributed by atoms with Crippen molar-refractivity contribution in [2.75, 3.05) is 25.1 Å². The number of hydrogen-bond donors (Lipinski definition) is 2. The Hall–Kier alpha value is -2.05. The second kappa shape index (κ2) is 9.43. The van der Waals surface area contributed by atoms with Crippen LogP contribution in [0, 0.1) is 11.8 Å². The van der Waals surface area contributed by atoms with Crippen LogP contribution in [0.3, 0.4) is 0 Å². The van der Waals surface area contributed by atoms with Crippen molar-refractivity contribution in [2.45, 2.75) is 51.0 Å². The molecule has 1 saturated carbocycles. The Morgan fingerprint density at radius 3 is 2.61 bits per heavy atom. The minimum Gasteiger partial charge on any atom is -0.381 e. The molecule has 1 saturated heterocycles. The zero-order valence-corrected chi connectivity index (χ0v) is 16.5. The molecule has 28 heavy (non-hydrogen) atoms. The predicted molar refractivity (Wildman–Crippen MR) is 111 cm³/mol. The van der Waals surface area contributed by atoms with Gasteiger partial charge in [0.25, 0.3) is 0 Å². The molecule has 1 aliphatic carbocycles. The van der Waals surface area contributed by atoms with Gasteiger partial charge in [-0.25, -0.2) is 15.0 Å². The topological polar surface area (TPSA) is 86.0 Å². The number of anilines is 1. The Balaban J connectivity index is 1.39. The zero-order valence-electron chi connectivity index (χ0n) is 16.5.